The summed E-state index contributed by atoms with van der Waals surface area (Å²) in [6.07, 6.45) is 0. The van der Waals surface area contributed by atoms with Crippen LogP contribution in [0.2, 0.25) is 0 Å². The first kappa shape index (κ1) is 8.14. The van der Waals surface area contributed by atoms with Gasteiger partial charge in [-0.1, -0.05) is 23.4 Å². The molecule has 0 radical (unpaired) electrons. The van der Waals surface area contributed by atoms with Gasteiger partial charge in [-0.3, -0.25) is 0 Å². The van der Waals surface area contributed by atoms with Gasteiger partial charge in [-0.15, -0.1) is 4.62 Å². The minimum Gasteiger partial charge on any atom is -0.238 e. The molecule has 0 saturated heterocycles. The molecule has 0 amide bonds. The van der Waals surface area contributed by atoms with Gasteiger partial charge in [0.15, 0.2) is 0 Å². The van der Waals surface area contributed by atoms with E-state index in [2.05, 4.69) is 10.5 Å². The summed E-state index contributed by atoms with van der Waals surface area (Å²) in [5.74, 6) is 3.50. The van der Waals surface area contributed by atoms with E-state index in [0.29, 0.717) is 0 Å². The van der Waals surface area contributed by atoms with Crippen LogP contribution in [0.4, 0.5) is 5.69 Å². The van der Waals surface area contributed by atoms with Gasteiger partial charge in [-0.05, 0) is 12.1 Å². The molecule has 1 rings (SSSR count). The molecule has 1 aromatic rings. The van der Waals surface area contributed by atoms with Crippen LogP contribution in [-0.2, 0) is 9.19 Å². The molecule has 0 saturated carbocycles. The van der Waals surface area contributed by atoms with Crippen LogP contribution in [0.1, 0.15) is 0 Å². The van der Waals surface area contributed by atoms with Crippen molar-refractivity contribution in [1.29, 1.82) is 0 Å². The summed E-state index contributed by atoms with van der Waals surface area (Å²) in [6, 6.07) is 9.18. The highest BCUT2D eigenvalue weighted by molar-refractivity contribution is 7.17. The third kappa shape index (κ3) is 2.27. The average Bonchev–Trinajstić information content (AvgIpc) is 2.07. The predicted molar refractivity (Wildman–Crippen MR) is 40.5 cm³/mol. The normalized spacial score (nSPS) is 9.91. The molecule has 11 heavy (non-hydrogen) atoms. The first-order valence-corrected chi connectivity index (χ1v) is 3.73. The quantitative estimate of drug-likeness (QED) is 0.540. The van der Waals surface area contributed by atoms with Crippen molar-refractivity contribution in [3.8, 4) is 0 Å². The number of rotatable bonds is 3. The zero-order chi connectivity index (χ0) is 8.10. The smallest absolute Gasteiger partial charge is 0.238 e. The summed E-state index contributed by atoms with van der Waals surface area (Å²) < 4.78 is 14.5. The van der Waals surface area contributed by atoms with Crippen molar-refractivity contribution in [2.45, 2.75) is 0 Å². The summed E-state index contributed by atoms with van der Waals surface area (Å²) in [4.78, 5) is 0. The maximum atomic E-state index is 9.98. The lowest BCUT2D eigenvalue weighted by Crippen LogP contribution is -2.66. The number of hydrogen-bond donors (Lipinski definition) is 1. The zero-order valence-corrected chi connectivity index (χ0v) is 6.70. The molecule has 4 nitrogen and oxygen atoms in total. The second-order valence-electron chi connectivity index (χ2n) is 1.87. The summed E-state index contributed by atoms with van der Waals surface area (Å²) in [5.41, 5.74) is 0.760. The van der Waals surface area contributed by atoms with Crippen molar-refractivity contribution in [2.24, 2.45) is 0 Å². The Labute approximate surface area is 65.8 Å². The van der Waals surface area contributed by atoms with Gasteiger partial charge in [0.25, 0.3) is 0 Å². The third-order valence-corrected chi connectivity index (χ3v) is 1.44. The number of hydrogen-bond acceptors (Lipinski definition) is 3. The Hall–Kier alpha value is -0.960. The van der Waals surface area contributed by atoms with Crippen LogP contribution < -0.4 is 11.0 Å². The molecule has 58 valence electrons. The fourth-order valence-corrected chi connectivity index (χ4v) is 0.856. The van der Waals surface area contributed by atoms with E-state index >= 15 is 0 Å². The molecule has 3 N–H and O–H groups in total. The third-order valence-electron chi connectivity index (χ3n) is 1.18. The van der Waals surface area contributed by atoms with Gasteiger partial charge < -0.3 is 0 Å². The molecule has 0 atom stereocenters. The number of benzene rings is 1. The Morgan fingerprint density at radius 3 is 2.55 bits per heavy atom. The summed E-state index contributed by atoms with van der Waals surface area (Å²) in [7, 11) is -0.402. The Bertz CT molecular complexity index is 229. The molecule has 5 heteroatoms. The lowest BCUT2D eigenvalue weighted by atomic mass is 10.3. The van der Waals surface area contributed by atoms with E-state index in [1.807, 2.05) is 18.2 Å². The molecule has 0 aliphatic carbocycles. The van der Waals surface area contributed by atoms with Crippen LogP contribution in [0.5, 0.6) is 0 Å². The van der Waals surface area contributed by atoms with Crippen molar-refractivity contribution < 1.29 is 15.0 Å². The SMILES string of the molecule is [NH3+]N(OP=O)c1ccccc1. The van der Waals surface area contributed by atoms with E-state index in [0.717, 1.165) is 5.69 Å². The van der Waals surface area contributed by atoms with E-state index in [9.17, 15) is 4.57 Å². The van der Waals surface area contributed by atoms with E-state index < -0.39 is 8.69 Å². The largest absolute Gasteiger partial charge is 0.355 e. The molecule has 1 aromatic carbocycles. The molecular weight excluding hydrogens is 163 g/mol. The minimum absolute atomic E-state index is 0.402. The van der Waals surface area contributed by atoms with E-state index in [1.54, 1.807) is 12.1 Å². The van der Waals surface area contributed by atoms with Crippen LogP contribution in [0.25, 0.3) is 0 Å². The zero-order valence-electron chi connectivity index (χ0n) is 5.80. The fraction of sp³-hybridized carbons (Fsp3) is 0. The van der Waals surface area contributed by atoms with Gasteiger partial charge in [0.1, 0.15) is 5.69 Å². The highest BCUT2D eigenvalue weighted by Gasteiger charge is 2.02. The molecule has 0 unspecified atom stereocenters. The number of anilines is 1. The Balaban J connectivity index is 2.68. The van der Waals surface area contributed by atoms with Gasteiger partial charge in [-0.2, -0.15) is 0 Å². The monoisotopic (exact) mass is 171 g/mol. The Morgan fingerprint density at radius 2 is 2.00 bits per heavy atom. The predicted octanol–water partition coefficient (Wildman–Crippen LogP) is 0.788. The fourth-order valence-electron chi connectivity index (χ4n) is 0.682. The van der Waals surface area contributed by atoms with Crippen molar-refractivity contribution >= 4 is 14.4 Å². The van der Waals surface area contributed by atoms with E-state index in [1.165, 1.54) is 5.17 Å². The van der Waals surface area contributed by atoms with Crippen LogP contribution in [0, 0.1) is 0 Å². The van der Waals surface area contributed by atoms with Crippen molar-refractivity contribution in [2.75, 3.05) is 5.17 Å². The van der Waals surface area contributed by atoms with Crippen molar-refractivity contribution in [1.82, 2.24) is 0 Å². The highest BCUT2D eigenvalue weighted by atomic mass is 31.1. The van der Waals surface area contributed by atoms with Crippen LogP contribution >= 0.6 is 8.69 Å². The lowest BCUT2D eigenvalue weighted by molar-refractivity contribution is -0.436. The molecular formula is C6H8N2O2P+. The van der Waals surface area contributed by atoms with Gasteiger partial charge >= 0.3 is 8.69 Å². The van der Waals surface area contributed by atoms with Gasteiger partial charge in [-0.25, -0.2) is 10.4 Å². The lowest BCUT2D eigenvalue weighted by Gasteiger charge is -2.06. The van der Waals surface area contributed by atoms with E-state index in [4.69, 9.17) is 0 Å². The first-order chi connectivity index (χ1) is 5.34. The van der Waals surface area contributed by atoms with Gasteiger partial charge in [0.2, 0.25) is 0 Å². The van der Waals surface area contributed by atoms with Gasteiger partial charge in [0.05, 0.1) is 0 Å². The average molecular weight is 171 g/mol. The summed E-state index contributed by atoms with van der Waals surface area (Å²) in [6.45, 7) is 0. The first-order valence-electron chi connectivity index (χ1n) is 3.00. The number of para-hydroxylation sites is 1. The summed E-state index contributed by atoms with van der Waals surface area (Å²) in [5, 5.41) is 1.19. The molecule has 0 bridgehead atoms. The van der Waals surface area contributed by atoms with Crippen LogP contribution in [-0.4, -0.2) is 0 Å². The second-order valence-corrected chi connectivity index (χ2v) is 2.18. The van der Waals surface area contributed by atoms with E-state index in [-0.39, 0.29) is 0 Å². The van der Waals surface area contributed by atoms with Gasteiger partial charge in [0, 0.05) is 0 Å². The molecule has 0 aliphatic rings. The van der Waals surface area contributed by atoms with Crippen molar-refractivity contribution in [3.05, 3.63) is 30.3 Å². The molecule has 0 aromatic heterocycles. The maximum Gasteiger partial charge on any atom is 0.355 e. The minimum atomic E-state index is -0.402. The van der Waals surface area contributed by atoms with Crippen LogP contribution in [0.15, 0.2) is 30.3 Å². The summed E-state index contributed by atoms with van der Waals surface area (Å²) >= 11 is 0. The molecule has 0 spiro atoms. The number of quaternary nitrogens is 1. The molecule has 0 aliphatic heterocycles. The van der Waals surface area contributed by atoms with Crippen molar-refractivity contribution in [3.63, 3.8) is 0 Å². The standard InChI is InChI=1S/C6H7N2O2P/c7-8(10-11-9)6-4-2-1-3-5-6/h1-5H,7H2/p+1. The molecule has 0 fully saturated rings. The Kier molecular flexibility index (Phi) is 2.98. The van der Waals surface area contributed by atoms with Crippen LogP contribution in [0.3, 0.4) is 0 Å². The maximum absolute atomic E-state index is 9.98. The second kappa shape index (κ2) is 4.03. The Morgan fingerprint density at radius 1 is 1.36 bits per heavy atom. The number of nitrogens with zero attached hydrogens (tertiary/aromatic N) is 1. The highest BCUT2D eigenvalue weighted by Crippen LogP contribution is 2.10. The molecule has 0 heterocycles. The topological polar surface area (TPSA) is 57.2 Å².